The van der Waals surface area contributed by atoms with Crippen LogP contribution in [0.3, 0.4) is 0 Å². The van der Waals surface area contributed by atoms with E-state index in [0.29, 0.717) is 44.9 Å². The van der Waals surface area contributed by atoms with E-state index in [1.807, 2.05) is 0 Å². The summed E-state index contributed by atoms with van der Waals surface area (Å²) in [4.78, 5) is 17.3. The SMILES string of the molecule is COCCNC(=O)[C@@H]1Cc2cc(C(F)(F)F)ccc2N2CCN(Cc3ccc(F)cc3)C[C@@H]12. The van der Waals surface area contributed by atoms with Gasteiger partial charge in [-0.3, -0.25) is 9.69 Å². The highest BCUT2D eigenvalue weighted by atomic mass is 19.4. The molecule has 1 N–H and O–H groups in total. The number of ether oxygens (including phenoxy) is 1. The molecule has 5 nitrogen and oxygen atoms in total. The molecule has 2 atom stereocenters. The average molecular weight is 465 g/mol. The number of amides is 1. The summed E-state index contributed by atoms with van der Waals surface area (Å²) >= 11 is 0. The van der Waals surface area contributed by atoms with Crippen molar-refractivity contribution in [1.82, 2.24) is 10.2 Å². The Morgan fingerprint density at radius 2 is 1.91 bits per heavy atom. The molecule has 0 unspecified atom stereocenters. The number of fused-ring (bicyclic) bond motifs is 3. The highest BCUT2D eigenvalue weighted by Gasteiger charge is 2.42. The number of benzene rings is 2. The largest absolute Gasteiger partial charge is 0.416 e. The number of rotatable bonds is 6. The molecular formula is C24H27F4N3O2. The number of alkyl halides is 3. The van der Waals surface area contributed by atoms with Gasteiger partial charge in [0.25, 0.3) is 0 Å². The van der Waals surface area contributed by atoms with Crippen LogP contribution in [0.25, 0.3) is 0 Å². The molecule has 0 saturated carbocycles. The number of hydrogen-bond donors (Lipinski definition) is 1. The van der Waals surface area contributed by atoms with Crippen LogP contribution in [0.2, 0.25) is 0 Å². The second-order valence-electron chi connectivity index (χ2n) is 8.56. The van der Waals surface area contributed by atoms with Crippen molar-refractivity contribution in [2.45, 2.75) is 25.2 Å². The quantitative estimate of drug-likeness (QED) is 0.524. The summed E-state index contributed by atoms with van der Waals surface area (Å²) in [6.45, 7) is 3.17. The maximum Gasteiger partial charge on any atom is 0.416 e. The second-order valence-corrected chi connectivity index (χ2v) is 8.56. The first-order valence-electron chi connectivity index (χ1n) is 11.0. The Balaban J connectivity index is 1.58. The van der Waals surface area contributed by atoms with E-state index in [4.69, 9.17) is 4.74 Å². The summed E-state index contributed by atoms with van der Waals surface area (Å²) in [5.74, 6) is -0.971. The smallest absolute Gasteiger partial charge is 0.383 e. The van der Waals surface area contributed by atoms with E-state index in [2.05, 4.69) is 15.1 Å². The van der Waals surface area contributed by atoms with Gasteiger partial charge in [-0.15, -0.1) is 0 Å². The van der Waals surface area contributed by atoms with E-state index in [9.17, 15) is 22.4 Å². The van der Waals surface area contributed by atoms with E-state index in [0.717, 1.165) is 17.3 Å². The summed E-state index contributed by atoms with van der Waals surface area (Å²) in [6.07, 6.45) is -4.19. The lowest BCUT2D eigenvalue weighted by atomic mass is 9.82. The molecule has 9 heteroatoms. The summed E-state index contributed by atoms with van der Waals surface area (Å²) in [6, 6.07) is 9.97. The van der Waals surface area contributed by atoms with Crippen molar-refractivity contribution >= 4 is 11.6 Å². The molecule has 2 aromatic rings. The fraction of sp³-hybridized carbons (Fsp3) is 0.458. The molecule has 1 amide bonds. The Kier molecular flexibility index (Phi) is 6.90. The van der Waals surface area contributed by atoms with Crippen LogP contribution >= 0.6 is 0 Å². The number of nitrogens with zero attached hydrogens (tertiary/aromatic N) is 2. The molecule has 0 radical (unpaired) electrons. The first-order valence-corrected chi connectivity index (χ1v) is 11.0. The van der Waals surface area contributed by atoms with Gasteiger partial charge in [-0.2, -0.15) is 13.2 Å². The lowest BCUT2D eigenvalue weighted by molar-refractivity contribution is -0.137. The van der Waals surface area contributed by atoms with Crippen LogP contribution in [0.5, 0.6) is 0 Å². The molecule has 2 aliphatic rings. The van der Waals surface area contributed by atoms with Crippen molar-refractivity contribution in [3.63, 3.8) is 0 Å². The van der Waals surface area contributed by atoms with Crippen LogP contribution in [0.1, 0.15) is 16.7 Å². The fourth-order valence-corrected chi connectivity index (χ4v) is 4.76. The molecule has 1 saturated heterocycles. The summed E-state index contributed by atoms with van der Waals surface area (Å²) in [7, 11) is 1.54. The van der Waals surface area contributed by atoms with Crippen LogP contribution in [0, 0.1) is 11.7 Å². The lowest BCUT2D eigenvalue weighted by Crippen LogP contribution is -2.61. The van der Waals surface area contributed by atoms with Crippen molar-refractivity contribution in [2.75, 3.05) is 44.8 Å². The Morgan fingerprint density at radius 1 is 1.15 bits per heavy atom. The topological polar surface area (TPSA) is 44.8 Å². The first kappa shape index (κ1) is 23.5. The molecule has 0 aromatic heterocycles. The summed E-state index contributed by atoms with van der Waals surface area (Å²) in [5.41, 5.74) is 1.57. The minimum Gasteiger partial charge on any atom is -0.383 e. The lowest BCUT2D eigenvalue weighted by Gasteiger charge is -2.49. The molecule has 2 aliphatic heterocycles. The van der Waals surface area contributed by atoms with Gasteiger partial charge in [0, 0.05) is 45.5 Å². The van der Waals surface area contributed by atoms with Crippen LogP contribution in [0.15, 0.2) is 42.5 Å². The molecule has 2 aromatic carbocycles. The van der Waals surface area contributed by atoms with Crippen molar-refractivity contribution in [3.8, 4) is 0 Å². The number of hydrogen-bond acceptors (Lipinski definition) is 4. The Bertz CT molecular complexity index is 981. The van der Waals surface area contributed by atoms with E-state index in [-0.39, 0.29) is 24.2 Å². The minimum atomic E-state index is -4.43. The van der Waals surface area contributed by atoms with Gasteiger partial charge in [0.1, 0.15) is 5.82 Å². The van der Waals surface area contributed by atoms with Crippen LogP contribution in [-0.4, -0.2) is 56.7 Å². The number of halogens is 4. The number of piperazine rings is 1. The molecular weight excluding hydrogens is 438 g/mol. The monoisotopic (exact) mass is 465 g/mol. The van der Waals surface area contributed by atoms with E-state index < -0.39 is 17.7 Å². The van der Waals surface area contributed by atoms with Gasteiger partial charge >= 0.3 is 6.18 Å². The second kappa shape index (κ2) is 9.69. The third-order valence-electron chi connectivity index (χ3n) is 6.38. The number of carbonyl (C=O) groups excluding carboxylic acids is 1. The van der Waals surface area contributed by atoms with E-state index >= 15 is 0 Å². The maximum atomic E-state index is 13.3. The van der Waals surface area contributed by atoms with E-state index in [1.165, 1.54) is 31.4 Å². The number of carbonyl (C=O) groups is 1. The van der Waals surface area contributed by atoms with Gasteiger partial charge in [0.05, 0.1) is 24.1 Å². The molecule has 1 fully saturated rings. The molecule has 2 heterocycles. The highest BCUT2D eigenvalue weighted by molar-refractivity contribution is 5.82. The molecule has 0 bridgehead atoms. The molecule has 178 valence electrons. The van der Waals surface area contributed by atoms with Crippen molar-refractivity contribution in [2.24, 2.45) is 5.92 Å². The molecule has 0 spiro atoms. The maximum absolute atomic E-state index is 13.3. The van der Waals surface area contributed by atoms with E-state index in [1.54, 1.807) is 12.1 Å². The predicted molar refractivity (Wildman–Crippen MR) is 116 cm³/mol. The van der Waals surface area contributed by atoms with Gasteiger partial charge in [0.2, 0.25) is 5.91 Å². The van der Waals surface area contributed by atoms with Gasteiger partial charge in [-0.25, -0.2) is 4.39 Å². The zero-order chi connectivity index (χ0) is 23.6. The first-order chi connectivity index (χ1) is 15.8. The minimum absolute atomic E-state index is 0.175. The number of methoxy groups -OCH3 is 1. The van der Waals surface area contributed by atoms with Crippen molar-refractivity contribution in [3.05, 3.63) is 65.0 Å². The van der Waals surface area contributed by atoms with Crippen molar-refractivity contribution in [1.29, 1.82) is 0 Å². The Labute approximate surface area is 190 Å². The standard InChI is InChI=1S/C24H27F4N3O2/c1-33-11-8-29-23(32)20-13-17-12-18(24(26,27)28)4-7-21(17)31-10-9-30(15-22(20)31)14-16-2-5-19(25)6-3-16/h2-7,12,20,22H,8-11,13-15H2,1H3,(H,29,32)/t20-,22+/m1/s1. The third kappa shape index (κ3) is 5.30. The molecule has 33 heavy (non-hydrogen) atoms. The molecule has 0 aliphatic carbocycles. The van der Waals surface area contributed by atoms with Gasteiger partial charge in [-0.05, 0) is 47.9 Å². The van der Waals surface area contributed by atoms with Crippen LogP contribution < -0.4 is 10.2 Å². The van der Waals surface area contributed by atoms with Gasteiger partial charge in [0.15, 0.2) is 0 Å². The Hall–Kier alpha value is -2.65. The predicted octanol–water partition coefficient (Wildman–Crippen LogP) is 3.47. The fourth-order valence-electron chi connectivity index (χ4n) is 4.76. The zero-order valence-electron chi connectivity index (χ0n) is 18.4. The van der Waals surface area contributed by atoms with Crippen LogP contribution in [0.4, 0.5) is 23.2 Å². The highest BCUT2D eigenvalue weighted by Crippen LogP contribution is 2.39. The normalized spacial score (nSPS) is 20.8. The molecule has 4 rings (SSSR count). The number of anilines is 1. The average Bonchev–Trinajstić information content (AvgIpc) is 2.79. The van der Waals surface area contributed by atoms with Crippen LogP contribution in [-0.2, 0) is 28.7 Å². The van der Waals surface area contributed by atoms with Gasteiger partial charge in [-0.1, -0.05) is 12.1 Å². The Morgan fingerprint density at radius 3 is 2.61 bits per heavy atom. The number of nitrogens with one attached hydrogen (secondary N) is 1. The summed E-state index contributed by atoms with van der Waals surface area (Å²) < 4.78 is 58.2. The van der Waals surface area contributed by atoms with Gasteiger partial charge < -0.3 is 15.0 Å². The zero-order valence-corrected chi connectivity index (χ0v) is 18.4. The summed E-state index contributed by atoms with van der Waals surface area (Å²) in [5, 5.41) is 2.86. The van der Waals surface area contributed by atoms with Crippen molar-refractivity contribution < 1.29 is 27.1 Å². The third-order valence-corrected chi connectivity index (χ3v) is 6.38.